The number of amides is 2. The fourth-order valence-electron chi connectivity index (χ4n) is 4.51. The summed E-state index contributed by atoms with van der Waals surface area (Å²) in [5.74, 6) is -2.90. The lowest BCUT2D eigenvalue weighted by Gasteiger charge is -2.32. The highest BCUT2D eigenvalue weighted by molar-refractivity contribution is 6.34. The molecular weight excluding hydrogens is 476 g/mol. The van der Waals surface area contributed by atoms with Crippen molar-refractivity contribution >= 4 is 29.4 Å². The van der Waals surface area contributed by atoms with Crippen LogP contribution in [0.4, 0.5) is 0 Å². The molecule has 1 fully saturated rings. The van der Waals surface area contributed by atoms with Crippen molar-refractivity contribution in [3.63, 3.8) is 0 Å². The van der Waals surface area contributed by atoms with Gasteiger partial charge in [0.15, 0.2) is 0 Å². The molecule has 6 nitrogen and oxygen atoms in total. The zero-order valence-electron chi connectivity index (χ0n) is 20.1. The van der Waals surface area contributed by atoms with Gasteiger partial charge < -0.3 is 10.4 Å². The van der Waals surface area contributed by atoms with E-state index in [2.05, 4.69) is 5.32 Å². The van der Waals surface area contributed by atoms with E-state index >= 15 is 0 Å². The number of carboxylic acids is 1. The molecule has 0 aromatic heterocycles. The summed E-state index contributed by atoms with van der Waals surface area (Å²) in [6.07, 6.45) is 1.37. The number of nitrogens with one attached hydrogen (secondary N) is 1. The first-order chi connectivity index (χ1) is 17.3. The third-order valence-electron chi connectivity index (χ3n) is 6.57. The number of carboxylic acid groups (broad SMARTS) is 1. The van der Waals surface area contributed by atoms with Crippen molar-refractivity contribution < 1.29 is 19.5 Å². The largest absolute Gasteiger partial charge is 0.480 e. The van der Waals surface area contributed by atoms with Gasteiger partial charge in [0.05, 0.1) is 16.5 Å². The Bertz CT molecular complexity index is 1230. The van der Waals surface area contributed by atoms with Gasteiger partial charge in [-0.15, -0.1) is 0 Å². The van der Waals surface area contributed by atoms with Crippen LogP contribution >= 0.6 is 11.6 Å². The first-order valence-corrected chi connectivity index (χ1v) is 12.4. The zero-order chi connectivity index (χ0) is 25.7. The standard InChI is InChI=1S/C29H29ClN2O4/c1-19-8-12-21(13-9-19)22-14-10-20(11-15-22)17-26(29(35)36)32(27(33)23-5-4-16-31-18-23)28(34)24-6-2-3-7-25(24)30/h2-3,6-15,23,26,31H,4-5,16-18H2,1H3,(H,35,36)/t23-,26+/m1/s1. The highest BCUT2D eigenvalue weighted by atomic mass is 35.5. The van der Waals surface area contributed by atoms with Crippen LogP contribution in [0.3, 0.4) is 0 Å². The molecule has 186 valence electrons. The number of carbonyl (C=O) groups is 3. The number of imide groups is 1. The number of halogens is 1. The van der Waals surface area contributed by atoms with Gasteiger partial charge in [-0.1, -0.05) is 77.8 Å². The number of carbonyl (C=O) groups excluding carboxylic acids is 2. The topological polar surface area (TPSA) is 86.7 Å². The maximum absolute atomic E-state index is 13.6. The zero-order valence-corrected chi connectivity index (χ0v) is 20.9. The lowest BCUT2D eigenvalue weighted by atomic mass is 9.95. The molecule has 4 rings (SSSR count). The van der Waals surface area contributed by atoms with Crippen LogP contribution < -0.4 is 5.32 Å². The molecule has 2 N–H and O–H groups in total. The Hall–Kier alpha value is -3.48. The maximum atomic E-state index is 13.6. The molecule has 3 aromatic rings. The van der Waals surface area contributed by atoms with Crippen LogP contribution in [0.2, 0.25) is 5.02 Å². The lowest BCUT2D eigenvalue weighted by Crippen LogP contribution is -2.53. The minimum Gasteiger partial charge on any atom is -0.480 e. The molecule has 1 saturated heterocycles. The highest BCUT2D eigenvalue weighted by Crippen LogP contribution is 2.25. The van der Waals surface area contributed by atoms with Crippen LogP contribution in [0.5, 0.6) is 0 Å². The fraction of sp³-hybridized carbons (Fsp3) is 0.276. The van der Waals surface area contributed by atoms with E-state index in [9.17, 15) is 19.5 Å². The van der Waals surface area contributed by atoms with Crippen molar-refractivity contribution in [2.45, 2.75) is 32.2 Å². The van der Waals surface area contributed by atoms with E-state index in [0.29, 0.717) is 18.5 Å². The SMILES string of the molecule is Cc1ccc(-c2ccc(C[C@@H](C(=O)O)N(C(=O)c3ccccc3Cl)C(=O)[C@@H]3CCCNC3)cc2)cc1. The number of hydrogen-bond donors (Lipinski definition) is 2. The van der Waals surface area contributed by atoms with Crippen molar-refractivity contribution in [3.05, 3.63) is 94.5 Å². The van der Waals surface area contributed by atoms with Gasteiger partial charge in [0.2, 0.25) is 5.91 Å². The van der Waals surface area contributed by atoms with Crippen molar-refractivity contribution in [1.29, 1.82) is 0 Å². The second kappa shape index (κ2) is 11.5. The minimum atomic E-state index is -1.37. The van der Waals surface area contributed by atoms with Crippen LogP contribution in [0.15, 0.2) is 72.8 Å². The number of aryl methyl sites for hydroxylation is 1. The Balaban J connectivity index is 1.65. The summed E-state index contributed by atoms with van der Waals surface area (Å²) >= 11 is 6.26. The predicted octanol–water partition coefficient (Wildman–Crippen LogP) is 4.98. The first kappa shape index (κ1) is 25.6. The summed E-state index contributed by atoms with van der Waals surface area (Å²) in [5, 5.41) is 13.5. The minimum absolute atomic E-state index is 0.00834. The molecule has 36 heavy (non-hydrogen) atoms. The maximum Gasteiger partial charge on any atom is 0.327 e. The lowest BCUT2D eigenvalue weighted by molar-refractivity contribution is -0.149. The van der Waals surface area contributed by atoms with E-state index in [0.717, 1.165) is 29.0 Å². The molecule has 0 spiro atoms. The average Bonchev–Trinajstić information content (AvgIpc) is 2.89. The van der Waals surface area contributed by atoms with E-state index < -0.39 is 29.7 Å². The molecular formula is C29H29ClN2O4. The second-order valence-corrected chi connectivity index (χ2v) is 9.56. The van der Waals surface area contributed by atoms with E-state index in [1.165, 1.54) is 11.6 Å². The smallest absolute Gasteiger partial charge is 0.327 e. The molecule has 1 aliphatic rings. The third-order valence-corrected chi connectivity index (χ3v) is 6.90. The second-order valence-electron chi connectivity index (χ2n) is 9.16. The van der Waals surface area contributed by atoms with Gasteiger partial charge in [0, 0.05) is 13.0 Å². The van der Waals surface area contributed by atoms with E-state index in [4.69, 9.17) is 11.6 Å². The molecule has 0 radical (unpaired) electrons. The van der Waals surface area contributed by atoms with Crippen molar-refractivity contribution in [1.82, 2.24) is 10.2 Å². The van der Waals surface area contributed by atoms with Gasteiger partial charge >= 0.3 is 5.97 Å². The number of benzene rings is 3. The van der Waals surface area contributed by atoms with Crippen LogP contribution in [0.1, 0.15) is 34.3 Å². The Morgan fingerprint density at radius 2 is 1.64 bits per heavy atom. The molecule has 0 bridgehead atoms. The van der Waals surface area contributed by atoms with Gasteiger partial charge in [-0.3, -0.25) is 14.5 Å². The van der Waals surface area contributed by atoms with Crippen LogP contribution in [0, 0.1) is 12.8 Å². The summed E-state index contributed by atoms with van der Waals surface area (Å²) in [4.78, 5) is 40.6. The van der Waals surface area contributed by atoms with Gasteiger partial charge in [-0.2, -0.15) is 0 Å². The first-order valence-electron chi connectivity index (χ1n) is 12.1. The number of rotatable bonds is 7. The average molecular weight is 505 g/mol. The van der Waals surface area contributed by atoms with Crippen LogP contribution in [-0.2, 0) is 16.0 Å². The number of piperidine rings is 1. The molecule has 1 aliphatic heterocycles. The summed E-state index contributed by atoms with van der Waals surface area (Å²) < 4.78 is 0. The van der Waals surface area contributed by atoms with Gasteiger partial charge in [0.25, 0.3) is 5.91 Å². The highest BCUT2D eigenvalue weighted by Gasteiger charge is 2.39. The molecule has 1 heterocycles. The molecule has 0 unspecified atom stereocenters. The summed E-state index contributed by atoms with van der Waals surface area (Å²) in [6, 6.07) is 20.7. The van der Waals surface area contributed by atoms with Crippen LogP contribution in [0.25, 0.3) is 11.1 Å². The van der Waals surface area contributed by atoms with Crippen molar-refractivity contribution in [2.24, 2.45) is 5.92 Å². The Labute approximate surface area is 215 Å². The monoisotopic (exact) mass is 504 g/mol. The van der Waals surface area contributed by atoms with E-state index in [1.54, 1.807) is 18.2 Å². The summed E-state index contributed by atoms with van der Waals surface area (Å²) in [6.45, 7) is 3.22. The Morgan fingerprint density at radius 1 is 1.00 bits per heavy atom. The van der Waals surface area contributed by atoms with E-state index in [-0.39, 0.29) is 17.0 Å². The van der Waals surface area contributed by atoms with Crippen molar-refractivity contribution in [3.8, 4) is 11.1 Å². The number of aliphatic carboxylic acids is 1. The predicted molar refractivity (Wildman–Crippen MR) is 140 cm³/mol. The number of hydrogen-bond acceptors (Lipinski definition) is 4. The van der Waals surface area contributed by atoms with Crippen LogP contribution in [-0.4, -0.2) is 46.9 Å². The molecule has 2 amide bonds. The van der Waals surface area contributed by atoms with Crippen molar-refractivity contribution in [2.75, 3.05) is 13.1 Å². The molecule has 0 aliphatic carbocycles. The van der Waals surface area contributed by atoms with Gasteiger partial charge in [-0.05, 0) is 55.1 Å². The van der Waals surface area contributed by atoms with E-state index in [1.807, 2.05) is 55.5 Å². The molecule has 3 aromatic carbocycles. The van der Waals surface area contributed by atoms with Gasteiger partial charge in [-0.25, -0.2) is 4.79 Å². The fourth-order valence-corrected chi connectivity index (χ4v) is 4.73. The third kappa shape index (κ3) is 5.83. The number of nitrogens with zero attached hydrogens (tertiary/aromatic N) is 1. The normalized spacial score (nSPS) is 16.2. The molecule has 2 atom stereocenters. The molecule has 0 saturated carbocycles. The molecule has 7 heteroatoms. The Kier molecular flexibility index (Phi) is 8.18. The quantitative estimate of drug-likeness (QED) is 0.443. The summed E-state index contributed by atoms with van der Waals surface area (Å²) in [5.41, 5.74) is 4.04. The summed E-state index contributed by atoms with van der Waals surface area (Å²) in [7, 11) is 0. The Morgan fingerprint density at radius 3 is 2.22 bits per heavy atom. The van der Waals surface area contributed by atoms with Gasteiger partial charge in [0.1, 0.15) is 6.04 Å².